The van der Waals surface area contributed by atoms with Crippen LogP contribution in [0.5, 0.6) is 0 Å². The first kappa shape index (κ1) is 14.1. The summed E-state index contributed by atoms with van der Waals surface area (Å²) >= 11 is 0. The van der Waals surface area contributed by atoms with Gasteiger partial charge in [0.2, 0.25) is 5.91 Å². The van der Waals surface area contributed by atoms with Crippen LogP contribution >= 0.6 is 0 Å². The Hall–Kier alpha value is -1.98. The first-order chi connectivity index (χ1) is 8.58. The van der Waals surface area contributed by atoms with Crippen LogP contribution in [0.2, 0.25) is 0 Å². The number of carbonyl (C=O) groups excluding carboxylic acids is 2. The molecule has 0 aliphatic rings. The van der Waals surface area contributed by atoms with Crippen LogP contribution < -0.4 is 11.1 Å². The fourth-order valence-electron chi connectivity index (χ4n) is 1.56. The number of carbonyl (C=O) groups is 2. The molecule has 0 aromatic carbocycles. The van der Waals surface area contributed by atoms with Crippen LogP contribution in [0, 0.1) is 0 Å². The van der Waals surface area contributed by atoms with Crippen LogP contribution in [0.4, 0.5) is 5.69 Å². The van der Waals surface area contributed by atoms with Gasteiger partial charge in [-0.15, -0.1) is 0 Å². The lowest BCUT2D eigenvalue weighted by Gasteiger charge is -2.06. The van der Waals surface area contributed by atoms with Crippen molar-refractivity contribution in [3.63, 3.8) is 0 Å². The maximum Gasteiger partial charge on any atom is 0.355 e. The summed E-state index contributed by atoms with van der Waals surface area (Å²) in [5.41, 5.74) is 6.60. The fourth-order valence-corrected chi connectivity index (χ4v) is 1.56. The van der Waals surface area contributed by atoms with Gasteiger partial charge in [0.05, 0.1) is 12.3 Å². The van der Waals surface area contributed by atoms with Crippen molar-refractivity contribution in [2.24, 2.45) is 0 Å². The number of aryl methyl sites for hydroxylation is 1. The van der Waals surface area contributed by atoms with Crippen molar-refractivity contribution in [1.29, 1.82) is 0 Å². The zero-order valence-electron chi connectivity index (χ0n) is 10.7. The van der Waals surface area contributed by atoms with Gasteiger partial charge in [0.25, 0.3) is 0 Å². The van der Waals surface area contributed by atoms with Crippen molar-refractivity contribution in [1.82, 2.24) is 9.88 Å². The number of nitrogens with one attached hydrogen (secondary N) is 1. The third-order valence-electron chi connectivity index (χ3n) is 2.53. The number of nitrogen functional groups attached to an aromatic ring is 1. The van der Waals surface area contributed by atoms with Gasteiger partial charge in [-0.25, -0.2) is 4.79 Å². The molecular formula is C12H19N3O3. The molecule has 0 fully saturated rings. The summed E-state index contributed by atoms with van der Waals surface area (Å²) < 4.78 is 6.82. The SMILES string of the molecule is CCn1cc(N)cc1C(=O)OCCCC(=O)NC. The van der Waals surface area contributed by atoms with E-state index in [1.54, 1.807) is 23.9 Å². The number of esters is 1. The van der Waals surface area contributed by atoms with Crippen molar-refractivity contribution in [3.8, 4) is 0 Å². The molecule has 18 heavy (non-hydrogen) atoms. The number of hydrogen-bond donors (Lipinski definition) is 2. The van der Waals surface area contributed by atoms with Gasteiger partial charge in [-0.05, 0) is 19.4 Å². The summed E-state index contributed by atoms with van der Waals surface area (Å²) in [6.07, 6.45) is 2.55. The van der Waals surface area contributed by atoms with Gasteiger partial charge >= 0.3 is 5.97 Å². The molecule has 0 radical (unpaired) electrons. The van der Waals surface area contributed by atoms with Crippen LogP contribution in [0.3, 0.4) is 0 Å². The Morgan fingerprint density at radius 1 is 1.50 bits per heavy atom. The van der Waals surface area contributed by atoms with E-state index in [0.29, 0.717) is 30.8 Å². The number of ether oxygens (including phenoxy) is 1. The second-order valence-electron chi connectivity index (χ2n) is 3.86. The van der Waals surface area contributed by atoms with Gasteiger partial charge < -0.3 is 20.4 Å². The van der Waals surface area contributed by atoms with Gasteiger partial charge in [0.15, 0.2) is 0 Å². The van der Waals surface area contributed by atoms with E-state index in [4.69, 9.17) is 10.5 Å². The van der Waals surface area contributed by atoms with E-state index in [2.05, 4.69) is 5.32 Å². The zero-order valence-corrected chi connectivity index (χ0v) is 10.7. The molecule has 0 atom stereocenters. The molecule has 1 amide bonds. The number of nitrogens with zero attached hydrogens (tertiary/aromatic N) is 1. The highest BCUT2D eigenvalue weighted by atomic mass is 16.5. The predicted octanol–water partition coefficient (Wildman–Crippen LogP) is 0.773. The molecule has 0 unspecified atom stereocenters. The summed E-state index contributed by atoms with van der Waals surface area (Å²) in [5.74, 6) is -0.474. The van der Waals surface area contributed by atoms with E-state index in [1.807, 2.05) is 6.92 Å². The fraction of sp³-hybridized carbons (Fsp3) is 0.500. The van der Waals surface area contributed by atoms with Gasteiger partial charge in [0, 0.05) is 26.2 Å². The first-order valence-electron chi connectivity index (χ1n) is 5.91. The normalized spacial score (nSPS) is 10.1. The van der Waals surface area contributed by atoms with Crippen LogP contribution in [0.1, 0.15) is 30.3 Å². The third-order valence-corrected chi connectivity index (χ3v) is 2.53. The minimum absolute atomic E-state index is 0.0628. The minimum Gasteiger partial charge on any atom is -0.461 e. The number of rotatable bonds is 6. The Labute approximate surface area is 106 Å². The minimum atomic E-state index is -0.412. The van der Waals surface area contributed by atoms with Crippen molar-refractivity contribution in [3.05, 3.63) is 18.0 Å². The average Bonchev–Trinajstić information content (AvgIpc) is 2.75. The van der Waals surface area contributed by atoms with E-state index in [-0.39, 0.29) is 12.5 Å². The topological polar surface area (TPSA) is 86.3 Å². The van der Waals surface area contributed by atoms with E-state index in [1.165, 1.54) is 0 Å². The molecule has 6 nitrogen and oxygen atoms in total. The summed E-state index contributed by atoms with van der Waals surface area (Å²) in [5, 5.41) is 2.51. The van der Waals surface area contributed by atoms with Gasteiger partial charge in [-0.2, -0.15) is 0 Å². The molecule has 1 aromatic heterocycles. The van der Waals surface area contributed by atoms with Gasteiger partial charge in [-0.1, -0.05) is 0 Å². The molecule has 0 bridgehead atoms. The Balaban J connectivity index is 2.43. The Bertz CT molecular complexity index is 426. The monoisotopic (exact) mass is 253 g/mol. The molecule has 3 N–H and O–H groups in total. The maximum absolute atomic E-state index is 11.8. The summed E-state index contributed by atoms with van der Waals surface area (Å²) in [7, 11) is 1.57. The molecule has 0 aliphatic heterocycles. The Morgan fingerprint density at radius 3 is 2.83 bits per heavy atom. The molecule has 0 saturated carbocycles. The molecule has 6 heteroatoms. The van der Waals surface area contributed by atoms with Crippen LogP contribution in [0.15, 0.2) is 12.3 Å². The molecule has 1 heterocycles. The molecule has 0 spiro atoms. The number of aromatic nitrogens is 1. The second kappa shape index (κ2) is 6.68. The average molecular weight is 253 g/mol. The lowest BCUT2D eigenvalue weighted by molar-refractivity contribution is -0.120. The summed E-state index contributed by atoms with van der Waals surface area (Å²) in [6.45, 7) is 2.79. The highest BCUT2D eigenvalue weighted by Crippen LogP contribution is 2.12. The van der Waals surface area contributed by atoms with Crippen molar-refractivity contribution < 1.29 is 14.3 Å². The largest absolute Gasteiger partial charge is 0.461 e. The van der Waals surface area contributed by atoms with Crippen molar-refractivity contribution in [2.75, 3.05) is 19.4 Å². The molecule has 1 rings (SSSR count). The third kappa shape index (κ3) is 3.80. The lowest BCUT2D eigenvalue weighted by atomic mass is 10.3. The van der Waals surface area contributed by atoms with Gasteiger partial charge in [-0.3, -0.25) is 4.79 Å². The lowest BCUT2D eigenvalue weighted by Crippen LogP contribution is -2.18. The number of hydrogen-bond acceptors (Lipinski definition) is 4. The number of anilines is 1. The Morgan fingerprint density at radius 2 is 2.22 bits per heavy atom. The maximum atomic E-state index is 11.8. The van der Waals surface area contributed by atoms with E-state index >= 15 is 0 Å². The molecular weight excluding hydrogens is 234 g/mol. The molecule has 100 valence electrons. The molecule has 0 aliphatic carbocycles. The quantitative estimate of drug-likeness (QED) is 0.579. The number of amides is 1. The highest BCUT2D eigenvalue weighted by molar-refractivity contribution is 5.89. The van der Waals surface area contributed by atoms with Crippen molar-refractivity contribution >= 4 is 17.6 Å². The van der Waals surface area contributed by atoms with E-state index in [0.717, 1.165) is 0 Å². The van der Waals surface area contributed by atoms with Crippen LogP contribution in [0.25, 0.3) is 0 Å². The standard InChI is InChI=1S/C12H19N3O3/c1-3-15-8-9(13)7-10(15)12(17)18-6-4-5-11(16)14-2/h7-8H,3-6,13H2,1-2H3,(H,14,16). The number of nitrogens with two attached hydrogens (primary N) is 1. The first-order valence-corrected chi connectivity index (χ1v) is 5.91. The second-order valence-corrected chi connectivity index (χ2v) is 3.86. The predicted molar refractivity (Wildman–Crippen MR) is 68.1 cm³/mol. The van der Waals surface area contributed by atoms with E-state index < -0.39 is 5.97 Å². The highest BCUT2D eigenvalue weighted by Gasteiger charge is 2.13. The van der Waals surface area contributed by atoms with Gasteiger partial charge in [0.1, 0.15) is 5.69 Å². The van der Waals surface area contributed by atoms with Crippen molar-refractivity contribution in [2.45, 2.75) is 26.3 Å². The molecule has 1 aromatic rings. The zero-order chi connectivity index (χ0) is 13.5. The smallest absolute Gasteiger partial charge is 0.355 e. The molecule has 0 saturated heterocycles. The van der Waals surface area contributed by atoms with Crippen LogP contribution in [-0.2, 0) is 16.1 Å². The summed E-state index contributed by atoms with van der Waals surface area (Å²) in [4.78, 5) is 22.7. The summed E-state index contributed by atoms with van der Waals surface area (Å²) in [6, 6.07) is 1.59. The van der Waals surface area contributed by atoms with E-state index in [9.17, 15) is 9.59 Å². The Kier molecular flexibility index (Phi) is 5.23. The van der Waals surface area contributed by atoms with Crippen LogP contribution in [-0.4, -0.2) is 30.1 Å².